The number of rotatable bonds is 11. The molecule has 2 atom stereocenters. The third-order valence-corrected chi connectivity index (χ3v) is 7.41. The number of nitrogens with one attached hydrogen (secondary N) is 1. The summed E-state index contributed by atoms with van der Waals surface area (Å²) in [5.41, 5.74) is 1.62. The van der Waals surface area contributed by atoms with E-state index in [-0.39, 0.29) is 12.1 Å². The van der Waals surface area contributed by atoms with Crippen LogP contribution >= 0.6 is 0 Å². The Kier molecular flexibility index (Phi) is 9.68. The quantitative estimate of drug-likeness (QED) is 0.314. The SMILES string of the molecule is Cc1cccc(C(=O)NC(Cc2ccccc2)C(O)CN(CC(=O)N(C)O)S(=O)(=O)C(C)C)n1. The van der Waals surface area contributed by atoms with Crippen LogP contribution in [-0.4, -0.2) is 82.4 Å². The van der Waals surface area contributed by atoms with Crippen molar-refractivity contribution in [3.8, 4) is 0 Å². The van der Waals surface area contributed by atoms with Crippen molar-refractivity contribution in [3.63, 3.8) is 0 Å². The summed E-state index contributed by atoms with van der Waals surface area (Å²) < 4.78 is 26.5. The van der Waals surface area contributed by atoms with Crippen LogP contribution in [0, 0.1) is 6.92 Å². The van der Waals surface area contributed by atoms with Gasteiger partial charge in [-0.25, -0.2) is 18.5 Å². The first-order valence-corrected chi connectivity index (χ1v) is 12.3. The Labute approximate surface area is 200 Å². The second-order valence-electron chi connectivity index (χ2n) is 8.30. The van der Waals surface area contributed by atoms with Crippen LogP contribution in [0.5, 0.6) is 0 Å². The maximum atomic E-state index is 12.9. The fraction of sp³-hybridized carbons (Fsp3) is 0.435. The van der Waals surface area contributed by atoms with Gasteiger partial charge in [-0.2, -0.15) is 4.31 Å². The number of pyridine rings is 1. The summed E-state index contributed by atoms with van der Waals surface area (Å²) in [7, 11) is -2.88. The summed E-state index contributed by atoms with van der Waals surface area (Å²) in [5, 5.41) is 22.7. The highest BCUT2D eigenvalue weighted by molar-refractivity contribution is 7.89. The molecule has 10 nitrogen and oxygen atoms in total. The number of nitrogens with zero attached hydrogens (tertiary/aromatic N) is 3. The first-order chi connectivity index (χ1) is 15.9. The van der Waals surface area contributed by atoms with Gasteiger partial charge in [0.25, 0.3) is 11.8 Å². The zero-order chi connectivity index (χ0) is 25.5. The molecule has 0 fully saturated rings. The second-order valence-corrected chi connectivity index (χ2v) is 10.8. The molecule has 186 valence electrons. The minimum atomic E-state index is -3.97. The number of sulfonamides is 1. The molecule has 2 rings (SSSR count). The number of carbonyl (C=O) groups is 2. The topological polar surface area (TPSA) is 140 Å². The number of aryl methyl sites for hydroxylation is 1. The predicted molar refractivity (Wildman–Crippen MR) is 127 cm³/mol. The van der Waals surface area contributed by atoms with Crippen LogP contribution in [0.15, 0.2) is 48.5 Å². The Morgan fingerprint density at radius 1 is 1.09 bits per heavy atom. The summed E-state index contributed by atoms with van der Waals surface area (Å²) in [6, 6.07) is 13.2. The average Bonchev–Trinajstić information content (AvgIpc) is 2.78. The third-order valence-electron chi connectivity index (χ3n) is 5.22. The fourth-order valence-corrected chi connectivity index (χ4v) is 4.46. The van der Waals surface area contributed by atoms with Gasteiger partial charge in [0.15, 0.2) is 0 Å². The van der Waals surface area contributed by atoms with E-state index in [1.54, 1.807) is 25.1 Å². The summed E-state index contributed by atoms with van der Waals surface area (Å²) >= 11 is 0. The minimum Gasteiger partial charge on any atom is -0.390 e. The van der Waals surface area contributed by atoms with E-state index < -0.39 is 52.3 Å². The van der Waals surface area contributed by atoms with Gasteiger partial charge in [-0.3, -0.25) is 14.8 Å². The maximum absolute atomic E-state index is 12.9. The molecule has 11 heteroatoms. The molecular weight excluding hydrogens is 460 g/mol. The number of aliphatic hydroxyl groups is 1. The van der Waals surface area contributed by atoms with Gasteiger partial charge in [0.2, 0.25) is 10.0 Å². The van der Waals surface area contributed by atoms with E-state index in [0.717, 1.165) is 16.9 Å². The number of carbonyl (C=O) groups excluding carboxylic acids is 2. The zero-order valence-corrected chi connectivity index (χ0v) is 20.6. The molecule has 0 spiro atoms. The van der Waals surface area contributed by atoms with Crippen molar-refractivity contribution in [2.24, 2.45) is 0 Å². The maximum Gasteiger partial charge on any atom is 0.270 e. The van der Waals surface area contributed by atoms with Gasteiger partial charge in [0.1, 0.15) is 5.69 Å². The number of aliphatic hydroxyl groups excluding tert-OH is 1. The number of likely N-dealkylation sites (N-methyl/N-ethyl adjacent to an activating group) is 1. The Morgan fingerprint density at radius 2 is 1.74 bits per heavy atom. The van der Waals surface area contributed by atoms with Crippen molar-refractivity contribution in [3.05, 3.63) is 65.5 Å². The molecular formula is C23H32N4O6S. The number of hydrogen-bond acceptors (Lipinski definition) is 7. The monoisotopic (exact) mass is 492 g/mol. The zero-order valence-electron chi connectivity index (χ0n) is 19.7. The standard InChI is InChI=1S/C23H32N4O6S/c1-16(2)34(32,33)27(15-22(29)26(4)31)14-21(28)20(13-18-10-6-5-7-11-18)25-23(30)19-12-8-9-17(3)24-19/h5-12,16,20-21,28,31H,13-15H2,1-4H3,(H,25,30). The lowest BCUT2D eigenvalue weighted by atomic mass is 10.0. The van der Waals surface area contributed by atoms with Crippen LogP contribution in [-0.2, 0) is 21.2 Å². The van der Waals surface area contributed by atoms with E-state index in [1.807, 2.05) is 30.3 Å². The fourth-order valence-electron chi connectivity index (χ4n) is 3.21. The molecule has 2 amide bonds. The molecule has 1 heterocycles. The number of amides is 2. The van der Waals surface area contributed by atoms with Crippen LogP contribution in [0.2, 0.25) is 0 Å². The number of hydrogen-bond donors (Lipinski definition) is 3. The lowest BCUT2D eigenvalue weighted by molar-refractivity contribution is -0.159. The van der Waals surface area contributed by atoms with Crippen molar-refractivity contribution in [1.29, 1.82) is 0 Å². The van der Waals surface area contributed by atoms with Crippen LogP contribution in [0.4, 0.5) is 0 Å². The van der Waals surface area contributed by atoms with E-state index in [1.165, 1.54) is 13.8 Å². The van der Waals surface area contributed by atoms with Gasteiger partial charge in [0, 0.05) is 19.3 Å². The Bertz CT molecular complexity index is 1080. The number of benzene rings is 1. The van der Waals surface area contributed by atoms with Crippen molar-refractivity contribution in [2.75, 3.05) is 20.1 Å². The van der Waals surface area contributed by atoms with Crippen LogP contribution in [0.3, 0.4) is 0 Å². The van der Waals surface area contributed by atoms with E-state index in [2.05, 4.69) is 10.3 Å². The molecule has 0 aliphatic rings. The summed E-state index contributed by atoms with van der Waals surface area (Å²) in [4.78, 5) is 29.1. The Balaban J connectivity index is 2.32. The van der Waals surface area contributed by atoms with Gasteiger partial charge >= 0.3 is 0 Å². The second kappa shape index (κ2) is 12.0. The van der Waals surface area contributed by atoms with Crippen LogP contribution in [0.1, 0.15) is 35.6 Å². The third kappa shape index (κ3) is 7.59. The first-order valence-electron chi connectivity index (χ1n) is 10.8. The molecule has 3 N–H and O–H groups in total. The van der Waals surface area contributed by atoms with Crippen molar-refractivity contribution < 1.29 is 28.3 Å². The Morgan fingerprint density at radius 3 is 2.29 bits per heavy atom. The summed E-state index contributed by atoms with van der Waals surface area (Å²) in [6.07, 6.45) is -1.15. The predicted octanol–water partition coefficient (Wildman–Crippen LogP) is 0.980. The first kappa shape index (κ1) is 27.4. The average molecular weight is 493 g/mol. The van der Waals surface area contributed by atoms with E-state index in [0.29, 0.717) is 10.8 Å². The molecule has 0 bridgehead atoms. The number of aromatic nitrogens is 1. The van der Waals surface area contributed by atoms with E-state index in [4.69, 9.17) is 0 Å². The van der Waals surface area contributed by atoms with Gasteiger partial charge in [-0.05, 0) is 44.9 Å². The molecule has 0 saturated heterocycles. The summed E-state index contributed by atoms with van der Waals surface area (Å²) in [6.45, 7) is 3.54. The van der Waals surface area contributed by atoms with Gasteiger partial charge in [-0.1, -0.05) is 36.4 Å². The Hall–Kier alpha value is -2.86. The molecule has 34 heavy (non-hydrogen) atoms. The highest BCUT2D eigenvalue weighted by Gasteiger charge is 2.33. The largest absolute Gasteiger partial charge is 0.390 e. The molecule has 2 aromatic rings. The van der Waals surface area contributed by atoms with Crippen molar-refractivity contribution >= 4 is 21.8 Å². The van der Waals surface area contributed by atoms with Crippen LogP contribution < -0.4 is 5.32 Å². The van der Waals surface area contributed by atoms with E-state index in [9.17, 15) is 28.3 Å². The number of hydroxylamine groups is 2. The normalized spacial score (nSPS) is 13.5. The lowest BCUT2D eigenvalue weighted by Crippen LogP contribution is -2.53. The van der Waals surface area contributed by atoms with Gasteiger partial charge in [-0.15, -0.1) is 0 Å². The molecule has 0 radical (unpaired) electrons. The molecule has 1 aromatic carbocycles. The van der Waals surface area contributed by atoms with Crippen LogP contribution in [0.25, 0.3) is 0 Å². The highest BCUT2D eigenvalue weighted by Crippen LogP contribution is 2.14. The summed E-state index contributed by atoms with van der Waals surface area (Å²) in [5.74, 6) is -1.38. The smallest absolute Gasteiger partial charge is 0.270 e. The lowest BCUT2D eigenvalue weighted by Gasteiger charge is -2.30. The van der Waals surface area contributed by atoms with Crippen molar-refractivity contribution in [1.82, 2.24) is 19.7 Å². The highest BCUT2D eigenvalue weighted by atomic mass is 32.2. The minimum absolute atomic E-state index is 0.161. The molecule has 0 saturated carbocycles. The molecule has 0 aliphatic heterocycles. The van der Waals surface area contributed by atoms with Gasteiger partial charge < -0.3 is 10.4 Å². The van der Waals surface area contributed by atoms with E-state index >= 15 is 0 Å². The molecule has 0 aliphatic carbocycles. The molecule has 2 unspecified atom stereocenters. The van der Waals surface area contributed by atoms with Gasteiger partial charge in [0.05, 0.1) is 23.9 Å². The molecule has 1 aromatic heterocycles. The van der Waals surface area contributed by atoms with Crippen molar-refractivity contribution in [2.45, 2.75) is 44.6 Å².